The van der Waals surface area contributed by atoms with Gasteiger partial charge in [0.15, 0.2) is 0 Å². The Labute approximate surface area is 119 Å². The van der Waals surface area contributed by atoms with Crippen LogP contribution < -0.4 is 10.1 Å². The Morgan fingerprint density at radius 1 is 1.42 bits per heavy atom. The molecule has 1 aromatic carbocycles. The van der Waals surface area contributed by atoms with E-state index in [0.29, 0.717) is 23.9 Å². The van der Waals surface area contributed by atoms with E-state index in [2.05, 4.69) is 11.6 Å². The maximum Gasteiger partial charge on any atom is 0.131 e. The van der Waals surface area contributed by atoms with Gasteiger partial charge < -0.3 is 10.1 Å². The highest BCUT2D eigenvalue weighted by molar-refractivity contribution is 7.99. The molecule has 1 aromatic rings. The van der Waals surface area contributed by atoms with Crippen molar-refractivity contribution in [3.8, 4) is 5.75 Å². The largest absolute Gasteiger partial charge is 0.497 e. The van der Waals surface area contributed by atoms with Gasteiger partial charge in [-0.25, -0.2) is 4.39 Å². The van der Waals surface area contributed by atoms with Crippen LogP contribution in [0.3, 0.4) is 0 Å². The molecule has 1 fully saturated rings. The lowest BCUT2D eigenvalue weighted by molar-refractivity contribution is 0.376. The number of ether oxygens (including phenoxy) is 1. The molecule has 0 radical (unpaired) electrons. The number of rotatable bonds is 5. The third kappa shape index (κ3) is 4.11. The minimum atomic E-state index is -0.191. The van der Waals surface area contributed by atoms with Gasteiger partial charge >= 0.3 is 0 Å². The Bertz CT molecular complexity index is 413. The van der Waals surface area contributed by atoms with Crippen LogP contribution in [0.1, 0.15) is 31.2 Å². The Morgan fingerprint density at radius 3 is 2.95 bits per heavy atom. The van der Waals surface area contributed by atoms with Gasteiger partial charge in [0.25, 0.3) is 0 Å². The van der Waals surface area contributed by atoms with Crippen LogP contribution in [-0.4, -0.2) is 24.7 Å². The molecule has 1 saturated carbocycles. The fraction of sp³-hybridized carbons (Fsp3) is 0.600. The third-order valence-electron chi connectivity index (χ3n) is 3.80. The predicted molar refractivity (Wildman–Crippen MR) is 79.4 cm³/mol. The maximum absolute atomic E-state index is 13.8. The molecule has 1 aliphatic rings. The van der Waals surface area contributed by atoms with Crippen LogP contribution in [0, 0.1) is 5.82 Å². The Hall–Kier alpha value is -0.740. The van der Waals surface area contributed by atoms with Crippen LogP contribution in [0.2, 0.25) is 0 Å². The summed E-state index contributed by atoms with van der Waals surface area (Å²) in [7, 11) is 1.55. The molecule has 2 rings (SSSR count). The topological polar surface area (TPSA) is 21.3 Å². The summed E-state index contributed by atoms with van der Waals surface area (Å²) in [5.41, 5.74) is 0.715. The lowest BCUT2D eigenvalue weighted by atomic mass is 9.95. The molecule has 0 saturated heterocycles. The van der Waals surface area contributed by atoms with Crippen molar-refractivity contribution in [2.75, 3.05) is 13.4 Å². The van der Waals surface area contributed by atoms with Gasteiger partial charge in [-0.05, 0) is 31.6 Å². The molecule has 0 aromatic heterocycles. The van der Waals surface area contributed by atoms with E-state index < -0.39 is 0 Å². The highest BCUT2D eigenvalue weighted by Crippen LogP contribution is 2.27. The zero-order valence-corrected chi connectivity index (χ0v) is 12.4. The van der Waals surface area contributed by atoms with E-state index in [1.807, 2.05) is 17.8 Å². The number of methoxy groups -OCH3 is 1. The number of benzene rings is 1. The highest BCUT2D eigenvalue weighted by atomic mass is 32.2. The van der Waals surface area contributed by atoms with Crippen LogP contribution in [0.5, 0.6) is 5.75 Å². The van der Waals surface area contributed by atoms with Gasteiger partial charge in [-0.15, -0.1) is 0 Å². The molecule has 2 unspecified atom stereocenters. The molecule has 2 nitrogen and oxygen atoms in total. The van der Waals surface area contributed by atoms with Crippen molar-refractivity contribution in [2.24, 2.45) is 0 Å². The average Bonchev–Trinajstić information content (AvgIpc) is 2.46. The molecule has 0 bridgehead atoms. The summed E-state index contributed by atoms with van der Waals surface area (Å²) in [5, 5.41) is 4.24. The van der Waals surface area contributed by atoms with Gasteiger partial charge in [-0.3, -0.25) is 0 Å². The second-order valence-corrected chi connectivity index (χ2v) is 6.20. The molecule has 19 heavy (non-hydrogen) atoms. The van der Waals surface area contributed by atoms with Gasteiger partial charge in [-0.2, -0.15) is 11.8 Å². The summed E-state index contributed by atoms with van der Waals surface area (Å²) in [6.45, 7) is 0.599. The second kappa shape index (κ2) is 7.15. The number of halogens is 1. The third-order valence-corrected chi connectivity index (χ3v) is 4.90. The summed E-state index contributed by atoms with van der Waals surface area (Å²) in [6, 6.07) is 5.58. The molecule has 0 heterocycles. The van der Waals surface area contributed by atoms with E-state index in [-0.39, 0.29) is 5.82 Å². The standard InChI is InChI=1S/C15H22FNOS/c1-18-13-7-6-11(15(16)9-13)10-17-12-4-3-5-14(8-12)19-2/h6-7,9,12,14,17H,3-5,8,10H2,1-2H3. The summed E-state index contributed by atoms with van der Waals surface area (Å²) < 4.78 is 18.8. The fourth-order valence-corrected chi connectivity index (χ4v) is 3.42. The first-order valence-corrected chi connectivity index (χ1v) is 8.10. The van der Waals surface area contributed by atoms with E-state index in [1.54, 1.807) is 13.2 Å². The second-order valence-electron chi connectivity index (χ2n) is 5.06. The van der Waals surface area contributed by atoms with E-state index >= 15 is 0 Å². The normalized spacial score (nSPS) is 23.3. The molecule has 0 amide bonds. The van der Waals surface area contributed by atoms with Crippen LogP contribution in [0.15, 0.2) is 18.2 Å². The average molecular weight is 283 g/mol. The summed E-state index contributed by atoms with van der Waals surface area (Å²) in [5.74, 6) is 0.380. The molecule has 0 aliphatic heterocycles. The molecule has 0 spiro atoms. The van der Waals surface area contributed by atoms with Crippen LogP contribution in [0.25, 0.3) is 0 Å². The Kier molecular flexibility index (Phi) is 5.52. The summed E-state index contributed by atoms with van der Waals surface area (Å²) in [6.07, 6.45) is 7.16. The van der Waals surface area contributed by atoms with Crippen LogP contribution >= 0.6 is 11.8 Å². The summed E-state index contributed by atoms with van der Waals surface area (Å²) in [4.78, 5) is 0. The molecule has 106 valence electrons. The molecule has 1 aliphatic carbocycles. The number of nitrogens with one attached hydrogen (secondary N) is 1. The van der Waals surface area contributed by atoms with Crippen molar-refractivity contribution in [1.29, 1.82) is 0 Å². The quantitative estimate of drug-likeness (QED) is 0.892. The molecule has 4 heteroatoms. The smallest absolute Gasteiger partial charge is 0.131 e. The van der Waals surface area contributed by atoms with Gasteiger partial charge in [0.2, 0.25) is 0 Å². The Balaban J connectivity index is 1.88. The first kappa shape index (κ1) is 14.7. The minimum Gasteiger partial charge on any atom is -0.497 e. The van der Waals surface area contributed by atoms with Crippen molar-refractivity contribution in [3.05, 3.63) is 29.6 Å². The lowest BCUT2D eigenvalue weighted by Gasteiger charge is -2.28. The van der Waals surface area contributed by atoms with Crippen molar-refractivity contribution < 1.29 is 9.13 Å². The first-order chi connectivity index (χ1) is 9.22. The molecular formula is C15H22FNOS. The Morgan fingerprint density at radius 2 is 2.26 bits per heavy atom. The van der Waals surface area contributed by atoms with Crippen molar-refractivity contribution >= 4 is 11.8 Å². The van der Waals surface area contributed by atoms with Crippen LogP contribution in [0.4, 0.5) is 4.39 Å². The van der Waals surface area contributed by atoms with Gasteiger partial charge in [0, 0.05) is 29.5 Å². The number of hydrogen-bond donors (Lipinski definition) is 1. The molecular weight excluding hydrogens is 261 g/mol. The van der Waals surface area contributed by atoms with E-state index in [4.69, 9.17) is 4.74 Å². The van der Waals surface area contributed by atoms with Crippen molar-refractivity contribution in [1.82, 2.24) is 5.32 Å². The predicted octanol–water partition coefficient (Wildman–Crippen LogP) is 3.60. The molecule has 1 N–H and O–H groups in total. The highest BCUT2D eigenvalue weighted by Gasteiger charge is 2.20. The van der Waals surface area contributed by atoms with Crippen molar-refractivity contribution in [3.63, 3.8) is 0 Å². The van der Waals surface area contributed by atoms with Gasteiger partial charge in [0.05, 0.1) is 7.11 Å². The van der Waals surface area contributed by atoms with E-state index in [9.17, 15) is 4.39 Å². The SMILES string of the molecule is COc1ccc(CNC2CCCC(SC)C2)c(F)c1. The zero-order chi connectivity index (χ0) is 13.7. The number of hydrogen-bond acceptors (Lipinski definition) is 3. The van der Waals surface area contributed by atoms with Crippen molar-refractivity contribution in [2.45, 2.75) is 43.5 Å². The summed E-state index contributed by atoms with van der Waals surface area (Å²) >= 11 is 1.95. The van der Waals surface area contributed by atoms with E-state index in [1.165, 1.54) is 31.7 Å². The first-order valence-electron chi connectivity index (χ1n) is 6.81. The monoisotopic (exact) mass is 283 g/mol. The molecule has 2 atom stereocenters. The van der Waals surface area contributed by atoms with E-state index in [0.717, 1.165) is 5.25 Å². The zero-order valence-electron chi connectivity index (χ0n) is 11.6. The lowest BCUT2D eigenvalue weighted by Crippen LogP contribution is -2.34. The van der Waals surface area contributed by atoms with Crippen LogP contribution in [-0.2, 0) is 6.54 Å². The van der Waals surface area contributed by atoms with Gasteiger partial charge in [-0.1, -0.05) is 12.5 Å². The van der Waals surface area contributed by atoms with Gasteiger partial charge in [0.1, 0.15) is 11.6 Å². The minimum absolute atomic E-state index is 0.191. The fourth-order valence-electron chi connectivity index (χ4n) is 2.60. The maximum atomic E-state index is 13.8. The number of thioether (sulfide) groups is 1.